The van der Waals surface area contributed by atoms with E-state index >= 15 is 0 Å². The van der Waals surface area contributed by atoms with Crippen molar-refractivity contribution < 1.29 is 4.74 Å². The summed E-state index contributed by atoms with van der Waals surface area (Å²) in [6.45, 7) is 4.04. The van der Waals surface area contributed by atoms with Gasteiger partial charge in [0.2, 0.25) is 0 Å². The zero-order valence-electron chi connectivity index (χ0n) is 10.5. The summed E-state index contributed by atoms with van der Waals surface area (Å²) in [7, 11) is 0. The summed E-state index contributed by atoms with van der Waals surface area (Å²) < 4.78 is 5.79. The van der Waals surface area contributed by atoms with Gasteiger partial charge in [-0.2, -0.15) is 0 Å². The molecule has 0 saturated heterocycles. The van der Waals surface area contributed by atoms with Crippen molar-refractivity contribution in [1.82, 2.24) is 0 Å². The molecule has 2 rings (SSSR count). The quantitative estimate of drug-likeness (QED) is 0.920. The van der Waals surface area contributed by atoms with Gasteiger partial charge in [-0.3, -0.25) is 0 Å². The summed E-state index contributed by atoms with van der Waals surface area (Å²) in [5.74, 6) is 0.878. The molecule has 2 N–H and O–H groups in total. The fraction of sp³-hybridized carbons (Fsp3) is 0.286. The van der Waals surface area contributed by atoms with Gasteiger partial charge in [0.05, 0.1) is 12.1 Å². The Labute approximate surface area is 118 Å². The monoisotopic (exact) mass is 283 g/mol. The zero-order chi connectivity index (χ0) is 12.3. The molecule has 0 amide bonds. The van der Waals surface area contributed by atoms with Crippen LogP contribution in [0.15, 0.2) is 41.8 Å². The molecule has 0 radical (unpaired) electrons. The molecule has 0 unspecified atom stereocenters. The van der Waals surface area contributed by atoms with E-state index in [9.17, 15) is 0 Å². The van der Waals surface area contributed by atoms with Gasteiger partial charge in [-0.15, -0.1) is 23.7 Å². The highest BCUT2D eigenvalue weighted by Crippen LogP contribution is 2.30. The Bertz CT molecular complexity index is 470. The fourth-order valence-corrected chi connectivity index (χ4v) is 2.47. The van der Waals surface area contributed by atoms with Gasteiger partial charge < -0.3 is 10.5 Å². The molecular formula is C14H18ClNOS. The molecule has 18 heavy (non-hydrogen) atoms. The Morgan fingerprint density at radius 3 is 2.44 bits per heavy atom. The maximum Gasteiger partial charge on any atom is 0.124 e. The first-order valence-electron chi connectivity index (χ1n) is 5.73. The molecule has 0 fully saturated rings. The number of halogens is 1. The van der Waals surface area contributed by atoms with Crippen LogP contribution in [-0.2, 0) is 0 Å². The van der Waals surface area contributed by atoms with E-state index in [0.717, 1.165) is 16.2 Å². The Hall–Kier alpha value is -1.03. The lowest BCUT2D eigenvalue weighted by Crippen LogP contribution is -2.14. The molecule has 98 valence electrons. The summed E-state index contributed by atoms with van der Waals surface area (Å²) in [6, 6.07) is 11.9. The molecule has 1 atom stereocenters. The second-order valence-corrected chi connectivity index (χ2v) is 5.18. The van der Waals surface area contributed by atoms with E-state index in [1.54, 1.807) is 11.3 Å². The Morgan fingerprint density at radius 2 is 1.83 bits per heavy atom. The summed E-state index contributed by atoms with van der Waals surface area (Å²) in [6.07, 6.45) is 0.159. The van der Waals surface area contributed by atoms with E-state index in [-0.39, 0.29) is 24.6 Å². The first-order valence-corrected chi connectivity index (χ1v) is 6.61. The number of nitrogens with two attached hydrogens (primary N) is 1. The standard InChI is InChI=1S/C14H17NOS.ClH/c1-10(2)16-12-7-4-3-6-11(12)14(15)13-8-5-9-17-13;/h3-10,14H,15H2,1-2H3;1H/t14-;/m0./s1. The average Bonchev–Trinajstić information content (AvgIpc) is 2.81. The molecule has 2 aromatic rings. The number of hydrogen-bond acceptors (Lipinski definition) is 3. The summed E-state index contributed by atoms with van der Waals surface area (Å²) >= 11 is 1.67. The average molecular weight is 284 g/mol. The topological polar surface area (TPSA) is 35.2 Å². The van der Waals surface area contributed by atoms with Crippen molar-refractivity contribution in [2.75, 3.05) is 0 Å². The minimum absolute atomic E-state index is 0. The Morgan fingerprint density at radius 1 is 1.11 bits per heavy atom. The van der Waals surface area contributed by atoms with Crippen LogP contribution < -0.4 is 10.5 Å². The van der Waals surface area contributed by atoms with E-state index in [1.165, 1.54) is 0 Å². The molecule has 0 spiro atoms. The normalized spacial score (nSPS) is 12.0. The molecule has 4 heteroatoms. The van der Waals surface area contributed by atoms with Crippen LogP contribution in [0.1, 0.15) is 30.3 Å². The van der Waals surface area contributed by atoms with Crippen LogP contribution in [0.25, 0.3) is 0 Å². The minimum Gasteiger partial charge on any atom is -0.491 e. The smallest absolute Gasteiger partial charge is 0.124 e. The van der Waals surface area contributed by atoms with Crippen LogP contribution in [-0.4, -0.2) is 6.10 Å². The van der Waals surface area contributed by atoms with Gasteiger partial charge in [0.15, 0.2) is 0 Å². The van der Waals surface area contributed by atoms with Crippen LogP contribution in [0.4, 0.5) is 0 Å². The van der Waals surface area contributed by atoms with E-state index in [1.807, 2.05) is 49.6 Å². The predicted molar refractivity (Wildman–Crippen MR) is 79.8 cm³/mol. The van der Waals surface area contributed by atoms with Crippen LogP contribution in [0, 0.1) is 0 Å². The second-order valence-electron chi connectivity index (χ2n) is 4.20. The van der Waals surface area contributed by atoms with E-state index in [0.29, 0.717) is 0 Å². The molecule has 2 nitrogen and oxygen atoms in total. The molecule has 0 aliphatic heterocycles. The number of ether oxygens (including phenoxy) is 1. The predicted octanol–water partition coefficient (Wildman–Crippen LogP) is 4.01. The number of rotatable bonds is 4. The maximum atomic E-state index is 6.27. The highest BCUT2D eigenvalue weighted by Gasteiger charge is 2.15. The first kappa shape index (κ1) is 15.0. The van der Waals surface area contributed by atoms with Crippen molar-refractivity contribution in [2.24, 2.45) is 5.73 Å². The van der Waals surface area contributed by atoms with Gasteiger partial charge in [-0.1, -0.05) is 24.3 Å². The molecule has 1 aromatic carbocycles. The highest BCUT2D eigenvalue weighted by molar-refractivity contribution is 7.10. The number of thiophene rings is 1. The van der Waals surface area contributed by atoms with Gasteiger partial charge in [0.25, 0.3) is 0 Å². The van der Waals surface area contributed by atoms with E-state index in [4.69, 9.17) is 10.5 Å². The van der Waals surface area contributed by atoms with Crippen molar-refractivity contribution in [2.45, 2.75) is 26.0 Å². The third-order valence-corrected chi connectivity index (χ3v) is 3.42. The second kappa shape index (κ2) is 6.78. The Kier molecular flexibility index (Phi) is 5.66. The molecule has 0 aliphatic rings. The van der Waals surface area contributed by atoms with Gasteiger partial charge in [0, 0.05) is 10.4 Å². The van der Waals surface area contributed by atoms with Crippen molar-refractivity contribution in [3.8, 4) is 5.75 Å². The number of hydrogen-bond donors (Lipinski definition) is 1. The third kappa shape index (κ3) is 3.48. The summed E-state index contributed by atoms with van der Waals surface area (Å²) in [5, 5.41) is 2.04. The lowest BCUT2D eigenvalue weighted by Gasteiger charge is -2.17. The van der Waals surface area contributed by atoms with Crippen molar-refractivity contribution in [3.05, 3.63) is 52.2 Å². The van der Waals surface area contributed by atoms with E-state index < -0.39 is 0 Å². The largest absolute Gasteiger partial charge is 0.491 e. The van der Waals surface area contributed by atoms with Crippen LogP contribution in [0.5, 0.6) is 5.75 Å². The van der Waals surface area contributed by atoms with Gasteiger partial charge in [0.1, 0.15) is 5.75 Å². The van der Waals surface area contributed by atoms with Crippen molar-refractivity contribution in [3.63, 3.8) is 0 Å². The number of para-hydroxylation sites is 1. The molecular weight excluding hydrogens is 266 g/mol. The minimum atomic E-state index is -0.107. The van der Waals surface area contributed by atoms with Gasteiger partial charge in [-0.25, -0.2) is 0 Å². The fourth-order valence-electron chi connectivity index (χ4n) is 1.72. The molecule has 1 aromatic heterocycles. The molecule has 1 heterocycles. The van der Waals surface area contributed by atoms with Crippen LogP contribution >= 0.6 is 23.7 Å². The van der Waals surface area contributed by atoms with Crippen LogP contribution in [0.2, 0.25) is 0 Å². The molecule has 0 saturated carbocycles. The van der Waals surface area contributed by atoms with Gasteiger partial charge in [-0.05, 0) is 31.4 Å². The molecule has 0 aliphatic carbocycles. The number of benzene rings is 1. The Balaban J connectivity index is 0.00000162. The summed E-state index contributed by atoms with van der Waals surface area (Å²) in [5.41, 5.74) is 7.31. The van der Waals surface area contributed by atoms with Crippen molar-refractivity contribution in [1.29, 1.82) is 0 Å². The lowest BCUT2D eigenvalue weighted by atomic mass is 10.1. The SMILES string of the molecule is CC(C)Oc1ccccc1[C@H](N)c1cccs1.Cl. The maximum absolute atomic E-state index is 6.27. The van der Waals surface area contributed by atoms with E-state index in [2.05, 4.69) is 6.07 Å². The third-order valence-electron chi connectivity index (χ3n) is 2.47. The lowest BCUT2D eigenvalue weighted by molar-refractivity contribution is 0.239. The zero-order valence-corrected chi connectivity index (χ0v) is 12.1. The summed E-state index contributed by atoms with van der Waals surface area (Å²) in [4.78, 5) is 1.16. The van der Waals surface area contributed by atoms with Crippen molar-refractivity contribution >= 4 is 23.7 Å². The first-order chi connectivity index (χ1) is 8.18. The molecule has 0 bridgehead atoms. The highest BCUT2D eigenvalue weighted by atomic mass is 35.5. The van der Waals surface area contributed by atoms with Crippen LogP contribution in [0.3, 0.4) is 0 Å². The van der Waals surface area contributed by atoms with Gasteiger partial charge >= 0.3 is 0 Å².